The van der Waals surface area contributed by atoms with Gasteiger partial charge in [0.25, 0.3) is 10.0 Å². The first-order chi connectivity index (χ1) is 15.9. The first-order valence-electron chi connectivity index (χ1n) is 10.9. The van der Waals surface area contributed by atoms with E-state index >= 15 is 0 Å². The molecule has 1 aliphatic heterocycles. The average molecular weight is 486 g/mol. The van der Waals surface area contributed by atoms with Crippen molar-refractivity contribution in [1.82, 2.24) is 14.6 Å². The highest BCUT2D eigenvalue weighted by Gasteiger charge is 2.32. The Morgan fingerprint density at radius 1 is 1.18 bits per heavy atom. The molecular formula is C24H27N3O4S2. The summed E-state index contributed by atoms with van der Waals surface area (Å²) in [6.45, 7) is 3.01. The Kier molecular flexibility index (Phi) is 7.42. The van der Waals surface area contributed by atoms with Gasteiger partial charge in [-0.1, -0.05) is 24.3 Å². The SMILES string of the molecule is CC(NC(=O)C1CCN(S(=O)(=O)c2cccs2)CC1)c1cccc(OCc2ccccn2)c1. The summed E-state index contributed by atoms with van der Waals surface area (Å²) in [7, 11) is -3.46. The number of benzene rings is 1. The van der Waals surface area contributed by atoms with Crippen LogP contribution in [0.5, 0.6) is 5.75 Å². The lowest BCUT2D eigenvalue weighted by Crippen LogP contribution is -2.43. The van der Waals surface area contributed by atoms with Gasteiger partial charge in [0.05, 0.1) is 11.7 Å². The van der Waals surface area contributed by atoms with Gasteiger partial charge in [0.1, 0.15) is 16.6 Å². The molecule has 33 heavy (non-hydrogen) atoms. The molecule has 3 aromatic rings. The van der Waals surface area contributed by atoms with Crippen molar-refractivity contribution >= 4 is 27.3 Å². The van der Waals surface area contributed by atoms with Gasteiger partial charge in [0.2, 0.25) is 5.91 Å². The minimum atomic E-state index is -3.46. The highest BCUT2D eigenvalue weighted by Crippen LogP contribution is 2.27. The molecule has 1 saturated heterocycles. The largest absolute Gasteiger partial charge is 0.487 e. The molecule has 1 fully saturated rings. The molecule has 1 aromatic carbocycles. The Hall–Kier alpha value is -2.75. The van der Waals surface area contributed by atoms with E-state index in [9.17, 15) is 13.2 Å². The van der Waals surface area contributed by atoms with Gasteiger partial charge in [-0.2, -0.15) is 4.31 Å². The molecule has 7 nitrogen and oxygen atoms in total. The number of rotatable bonds is 8. The van der Waals surface area contributed by atoms with Crippen molar-refractivity contribution in [3.8, 4) is 5.75 Å². The lowest BCUT2D eigenvalue weighted by atomic mass is 9.96. The van der Waals surface area contributed by atoms with E-state index < -0.39 is 10.0 Å². The zero-order valence-corrected chi connectivity index (χ0v) is 20.0. The quantitative estimate of drug-likeness (QED) is 0.521. The van der Waals surface area contributed by atoms with Gasteiger partial charge in [0, 0.05) is 25.2 Å². The molecule has 0 radical (unpaired) electrons. The molecule has 1 unspecified atom stereocenters. The smallest absolute Gasteiger partial charge is 0.252 e. The van der Waals surface area contributed by atoms with Crippen LogP contribution in [0.2, 0.25) is 0 Å². The lowest BCUT2D eigenvalue weighted by Gasteiger charge is -2.30. The molecule has 1 aliphatic rings. The zero-order chi connectivity index (χ0) is 23.3. The fourth-order valence-electron chi connectivity index (χ4n) is 3.82. The van der Waals surface area contributed by atoms with Gasteiger partial charge >= 0.3 is 0 Å². The summed E-state index contributed by atoms with van der Waals surface area (Å²) in [5.41, 5.74) is 1.79. The van der Waals surface area contributed by atoms with Crippen LogP contribution in [0.15, 0.2) is 70.4 Å². The molecule has 9 heteroatoms. The number of nitrogens with one attached hydrogen (secondary N) is 1. The molecule has 2 aromatic heterocycles. The second kappa shape index (κ2) is 10.5. The summed E-state index contributed by atoms with van der Waals surface area (Å²) >= 11 is 1.22. The molecule has 3 heterocycles. The maximum absolute atomic E-state index is 12.8. The summed E-state index contributed by atoms with van der Waals surface area (Å²) in [6, 6.07) is 16.5. The Labute approximate surface area is 198 Å². The van der Waals surface area contributed by atoms with E-state index in [0.717, 1.165) is 11.3 Å². The number of ether oxygens (including phenoxy) is 1. The van der Waals surface area contributed by atoms with Crippen LogP contribution >= 0.6 is 11.3 Å². The van der Waals surface area contributed by atoms with Gasteiger partial charge in [-0.05, 0) is 61.0 Å². The number of thiophene rings is 1. The molecule has 0 aliphatic carbocycles. The molecule has 4 rings (SSSR count). The summed E-state index contributed by atoms with van der Waals surface area (Å²) in [5, 5.41) is 4.83. The number of sulfonamides is 1. The number of amides is 1. The van der Waals surface area contributed by atoms with Crippen LogP contribution in [0.4, 0.5) is 0 Å². The molecule has 0 spiro atoms. The van der Waals surface area contributed by atoms with Crippen molar-refractivity contribution in [2.75, 3.05) is 13.1 Å². The molecule has 1 atom stereocenters. The second-order valence-corrected chi connectivity index (χ2v) is 11.1. The number of carbonyl (C=O) groups is 1. The van der Waals surface area contributed by atoms with Crippen molar-refractivity contribution in [3.63, 3.8) is 0 Å². The van der Waals surface area contributed by atoms with Crippen molar-refractivity contribution in [3.05, 3.63) is 77.4 Å². The lowest BCUT2D eigenvalue weighted by molar-refractivity contribution is -0.126. The third-order valence-corrected chi connectivity index (χ3v) is 9.02. The van der Waals surface area contributed by atoms with Crippen LogP contribution in [0.1, 0.15) is 37.1 Å². The molecule has 1 amide bonds. The Morgan fingerprint density at radius 3 is 2.70 bits per heavy atom. The summed E-state index contributed by atoms with van der Waals surface area (Å²) in [4.78, 5) is 17.1. The van der Waals surface area contributed by atoms with E-state index in [0.29, 0.717) is 42.5 Å². The number of pyridine rings is 1. The minimum Gasteiger partial charge on any atom is -0.487 e. The first kappa shape index (κ1) is 23.4. The Bertz CT molecular complexity index is 1160. The van der Waals surface area contributed by atoms with Crippen molar-refractivity contribution in [2.45, 2.75) is 36.6 Å². The van der Waals surface area contributed by atoms with Crippen LogP contribution in [-0.4, -0.2) is 36.7 Å². The maximum Gasteiger partial charge on any atom is 0.252 e. The van der Waals surface area contributed by atoms with Gasteiger partial charge in [0.15, 0.2) is 0 Å². The zero-order valence-electron chi connectivity index (χ0n) is 18.4. The number of hydrogen-bond acceptors (Lipinski definition) is 6. The number of piperidine rings is 1. The van der Waals surface area contributed by atoms with Crippen LogP contribution in [-0.2, 0) is 21.4 Å². The second-order valence-electron chi connectivity index (χ2n) is 8.02. The summed E-state index contributed by atoms with van der Waals surface area (Å²) in [5.74, 6) is 0.465. The van der Waals surface area contributed by atoms with Crippen molar-refractivity contribution in [1.29, 1.82) is 0 Å². The van der Waals surface area contributed by atoms with Crippen molar-refractivity contribution in [2.24, 2.45) is 5.92 Å². The van der Waals surface area contributed by atoms with Gasteiger partial charge in [-0.3, -0.25) is 9.78 Å². The van der Waals surface area contributed by atoms with E-state index in [4.69, 9.17) is 4.74 Å². The maximum atomic E-state index is 12.8. The predicted octanol–water partition coefficient (Wildman–Crippen LogP) is 4.00. The van der Waals surface area contributed by atoms with E-state index in [1.165, 1.54) is 15.6 Å². The van der Waals surface area contributed by atoms with Gasteiger partial charge in [-0.25, -0.2) is 8.42 Å². The number of hydrogen-bond donors (Lipinski definition) is 1. The van der Waals surface area contributed by atoms with Gasteiger partial charge < -0.3 is 10.1 Å². The fraction of sp³-hybridized carbons (Fsp3) is 0.333. The van der Waals surface area contributed by atoms with Crippen LogP contribution in [0.25, 0.3) is 0 Å². The highest BCUT2D eigenvalue weighted by molar-refractivity contribution is 7.91. The van der Waals surface area contributed by atoms with E-state index in [1.54, 1.807) is 23.7 Å². The normalized spacial score (nSPS) is 16.3. The third-order valence-electron chi connectivity index (χ3n) is 5.74. The molecule has 174 valence electrons. The molecular weight excluding hydrogens is 458 g/mol. The van der Waals surface area contributed by atoms with E-state index in [2.05, 4.69) is 10.3 Å². The van der Waals surface area contributed by atoms with Crippen LogP contribution < -0.4 is 10.1 Å². The number of aromatic nitrogens is 1. The van der Waals surface area contributed by atoms with E-state index in [1.807, 2.05) is 49.4 Å². The topological polar surface area (TPSA) is 88.6 Å². The number of carbonyl (C=O) groups excluding carboxylic acids is 1. The Morgan fingerprint density at radius 2 is 2.00 bits per heavy atom. The third kappa shape index (κ3) is 5.79. The van der Waals surface area contributed by atoms with Crippen LogP contribution in [0, 0.1) is 5.92 Å². The standard InChI is InChI=1S/C24H27N3O4S2/c1-18(20-6-4-8-22(16-20)31-17-21-7-2-3-12-25-21)26-24(28)19-10-13-27(14-11-19)33(29,30)23-9-5-15-32-23/h2-9,12,15-16,18-19H,10-11,13-14,17H2,1H3,(H,26,28). The van der Waals surface area contributed by atoms with Gasteiger partial charge in [-0.15, -0.1) is 11.3 Å². The first-order valence-corrected chi connectivity index (χ1v) is 13.2. The highest BCUT2D eigenvalue weighted by atomic mass is 32.2. The predicted molar refractivity (Wildman–Crippen MR) is 127 cm³/mol. The Balaban J connectivity index is 1.30. The summed E-state index contributed by atoms with van der Waals surface area (Å²) in [6.07, 6.45) is 2.75. The molecule has 0 bridgehead atoms. The molecule has 0 saturated carbocycles. The fourth-order valence-corrected chi connectivity index (χ4v) is 6.44. The molecule has 1 N–H and O–H groups in total. The van der Waals surface area contributed by atoms with Crippen LogP contribution in [0.3, 0.4) is 0 Å². The summed E-state index contributed by atoms with van der Waals surface area (Å²) < 4.78 is 33.0. The average Bonchev–Trinajstić information content (AvgIpc) is 3.40. The van der Waals surface area contributed by atoms with Crippen molar-refractivity contribution < 1.29 is 17.9 Å². The van der Waals surface area contributed by atoms with E-state index in [-0.39, 0.29) is 17.9 Å². The minimum absolute atomic E-state index is 0.0459. The monoisotopic (exact) mass is 485 g/mol. The number of nitrogens with zero attached hydrogens (tertiary/aromatic N) is 2.